The number of ether oxygens (including phenoxy) is 3. The Morgan fingerprint density at radius 1 is 1.04 bits per heavy atom. The average Bonchev–Trinajstić information content (AvgIpc) is 2.65. The summed E-state index contributed by atoms with van der Waals surface area (Å²) in [5.41, 5.74) is 1.86. The van der Waals surface area contributed by atoms with Crippen molar-refractivity contribution in [1.82, 2.24) is 0 Å². The molecule has 0 spiro atoms. The monoisotopic (exact) mass is 368 g/mol. The summed E-state index contributed by atoms with van der Waals surface area (Å²) in [7, 11) is 3.10. The van der Waals surface area contributed by atoms with Gasteiger partial charge in [0, 0.05) is 11.5 Å². The predicted octanol–water partition coefficient (Wildman–Crippen LogP) is 3.75. The number of carbonyl (C=O) groups is 1. The maximum atomic E-state index is 12.7. The molecule has 2 aromatic carbocycles. The summed E-state index contributed by atoms with van der Waals surface area (Å²) in [5, 5.41) is 0.787. The number of rotatable bonds is 6. The minimum atomic E-state index is -0.462. The van der Waals surface area contributed by atoms with Crippen molar-refractivity contribution >= 4 is 16.8 Å². The van der Waals surface area contributed by atoms with Crippen LogP contribution in [-0.4, -0.2) is 26.6 Å². The second kappa shape index (κ2) is 7.53. The van der Waals surface area contributed by atoms with Gasteiger partial charge in [0.05, 0.1) is 19.8 Å². The van der Waals surface area contributed by atoms with Crippen LogP contribution < -0.4 is 19.8 Å². The summed E-state index contributed by atoms with van der Waals surface area (Å²) < 4.78 is 21.5. The number of Topliss-reactive ketones (excluding diaryl/α,β-unsaturated/α-hetero) is 1. The van der Waals surface area contributed by atoms with E-state index in [1.807, 2.05) is 13.0 Å². The summed E-state index contributed by atoms with van der Waals surface area (Å²) in [6, 6.07) is 10.5. The standard InChI is InChI=1S/C21H20O6/c1-12(22)11-26-15-6-7-16-13(2)20(21(23)27-18(16)10-15)14-5-8-17(24-3)19(9-14)25-4/h5-10H,11H2,1-4H3. The van der Waals surface area contributed by atoms with Crippen molar-refractivity contribution in [2.24, 2.45) is 0 Å². The van der Waals surface area contributed by atoms with Gasteiger partial charge in [-0.15, -0.1) is 0 Å². The third-order valence-corrected chi connectivity index (χ3v) is 4.25. The number of carbonyl (C=O) groups excluding carboxylic acids is 1. The van der Waals surface area contributed by atoms with Crippen LogP contribution in [0.5, 0.6) is 17.2 Å². The fourth-order valence-electron chi connectivity index (χ4n) is 2.94. The lowest BCUT2D eigenvalue weighted by molar-refractivity contribution is -0.118. The first-order valence-electron chi connectivity index (χ1n) is 8.36. The second-order valence-corrected chi connectivity index (χ2v) is 6.11. The minimum Gasteiger partial charge on any atom is -0.493 e. The van der Waals surface area contributed by atoms with E-state index >= 15 is 0 Å². The highest BCUT2D eigenvalue weighted by molar-refractivity contribution is 5.88. The van der Waals surface area contributed by atoms with Crippen LogP contribution in [-0.2, 0) is 4.79 Å². The normalized spacial score (nSPS) is 10.7. The molecule has 0 aliphatic rings. The highest BCUT2D eigenvalue weighted by Gasteiger charge is 2.16. The van der Waals surface area contributed by atoms with Crippen molar-refractivity contribution in [1.29, 1.82) is 0 Å². The average molecular weight is 368 g/mol. The first-order chi connectivity index (χ1) is 12.9. The molecule has 0 atom stereocenters. The molecule has 3 aromatic rings. The SMILES string of the molecule is COc1ccc(-c2c(C)c3ccc(OCC(C)=O)cc3oc2=O)cc1OC. The smallest absolute Gasteiger partial charge is 0.344 e. The minimum absolute atomic E-state index is 0.0293. The molecule has 3 rings (SSSR count). The van der Waals surface area contributed by atoms with Gasteiger partial charge in [-0.3, -0.25) is 4.79 Å². The molecule has 0 amide bonds. The third-order valence-electron chi connectivity index (χ3n) is 4.25. The van der Waals surface area contributed by atoms with Gasteiger partial charge < -0.3 is 18.6 Å². The quantitative estimate of drug-likeness (QED) is 0.617. The van der Waals surface area contributed by atoms with Crippen molar-refractivity contribution in [3.8, 4) is 28.4 Å². The molecular weight excluding hydrogens is 348 g/mol. The molecule has 0 N–H and O–H groups in total. The molecule has 1 heterocycles. The highest BCUT2D eigenvalue weighted by atomic mass is 16.5. The molecule has 0 radical (unpaired) electrons. The lowest BCUT2D eigenvalue weighted by atomic mass is 9.99. The van der Waals surface area contributed by atoms with E-state index in [-0.39, 0.29) is 12.4 Å². The molecule has 27 heavy (non-hydrogen) atoms. The maximum Gasteiger partial charge on any atom is 0.344 e. The Hall–Kier alpha value is -3.28. The largest absolute Gasteiger partial charge is 0.493 e. The van der Waals surface area contributed by atoms with Gasteiger partial charge in [-0.05, 0) is 49.2 Å². The van der Waals surface area contributed by atoms with Gasteiger partial charge in [0.25, 0.3) is 0 Å². The first kappa shape index (κ1) is 18.5. The fraction of sp³-hybridized carbons (Fsp3) is 0.238. The molecular formula is C21H20O6. The van der Waals surface area contributed by atoms with E-state index in [4.69, 9.17) is 18.6 Å². The number of hydrogen-bond donors (Lipinski definition) is 0. The number of aryl methyl sites for hydroxylation is 1. The van der Waals surface area contributed by atoms with Gasteiger partial charge in [-0.1, -0.05) is 6.07 Å². The lowest BCUT2D eigenvalue weighted by Gasteiger charge is -2.12. The van der Waals surface area contributed by atoms with E-state index in [2.05, 4.69) is 0 Å². The third kappa shape index (κ3) is 3.65. The molecule has 0 aliphatic carbocycles. The van der Waals surface area contributed by atoms with Gasteiger partial charge in [-0.2, -0.15) is 0 Å². The molecule has 0 bridgehead atoms. The lowest BCUT2D eigenvalue weighted by Crippen LogP contribution is -2.08. The summed E-state index contributed by atoms with van der Waals surface area (Å²) in [4.78, 5) is 23.7. The zero-order valence-corrected chi connectivity index (χ0v) is 15.6. The Morgan fingerprint density at radius 3 is 2.44 bits per heavy atom. The first-order valence-corrected chi connectivity index (χ1v) is 8.36. The van der Waals surface area contributed by atoms with Crippen LogP contribution >= 0.6 is 0 Å². The highest BCUT2D eigenvalue weighted by Crippen LogP contribution is 2.34. The number of fused-ring (bicyclic) bond motifs is 1. The Labute approximate surface area is 156 Å². The molecule has 0 saturated heterocycles. The van der Waals surface area contributed by atoms with Gasteiger partial charge in [0.2, 0.25) is 0 Å². The Balaban J connectivity index is 2.11. The van der Waals surface area contributed by atoms with Crippen LogP contribution in [0.3, 0.4) is 0 Å². The van der Waals surface area contributed by atoms with Crippen molar-refractivity contribution in [2.45, 2.75) is 13.8 Å². The Kier molecular flexibility index (Phi) is 5.16. The summed E-state index contributed by atoms with van der Waals surface area (Å²) in [6.45, 7) is 3.28. The van der Waals surface area contributed by atoms with Crippen LogP contribution in [0, 0.1) is 6.92 Å². The summed E-state index contributed by atoms with van der Waals surface area (Å²) in [6.07, 6.45) is 0. The summed E-state index contributed by atoms with van der Waals surface area (Å²) >= 11 is 0. The van der Waals surface area contributed by atoms with Gasteiger partial charge in [0.15, 0.2) is 17.3 Å². The Bertz CT molecular complexity index is 1060. The molecule has 6 heteroatoms. The van der Waals surface area contributed by atoms with Gasteiger partial charge >= 0.3 is 5.63 Å². The zero-order chi connectivity index (χ0) is 19.6. The van der Waals surface area contributed by atoms with Crippen molar-refractivity contribution in [3.63, 3.8) is 0 Å². The number of hydrogen-bond acceptors (Lipinski definition) is 6. The molecule has 140 valence electrons. The topological polar surface area (TPSA) is 75.0 Å². The molecule has 6 nitrogen and oxygen atoms in total. The van der Waals surface area contributed by atoms with Crippen molar-refractivity contribution in [2.75, 3.05) is 20.8 Å². The zero-order valence-electron chi connectivity index (χ0n) is 15.6. The molecule has 0 saturated carbocycles. The second-order valence-electron chi connectivity index (χ2n) is 6.11. The van der Waals surface area contributed by atoms with Gasteiger partial charge in [0.1, 0.15) is 17.9 Å². The molecule has 0 fully saturated rings. The fourth-order valence-corrected chi connectivity index (χ4v) is 2.94. The summed E-state index contributed by atoms with van der Waals surface area (Å²) in [5.74, 6) is 1.49. The maximum absolute atomic E-state index is 12.7. The van der Waals surface area contributed by atoms with Crippen LogP contribution in [0.25, 0.3) is 22.1 Å². The van der Waals surface area contributed by atoms with Crippen LogP contribution in [0.4, 0.5) is 0 Å². The van der Waals surface area contributed by atoms with E-state index < -0.39 is 5.63 Å². The predicted molar refractivity (Wildman–Crippen MR) is 102 cm³/mol. The number of ketones is 1. The van der Waals surface area contributed by atoms with E-state index in [1.165, 1.54) is 6.92 Å². The van der Waals surface area contributed by atoms with Crippen molar-refractivity contribution in [3.05, 3.63) is 52.4 Å². The van der Waals surface area contributed by atoms with E-state index in [0.29, 0.717) is 34.0 Å². The molecule has 0 aliphatic heterocycles. The number of methoxy groups -OCH3 is 2. The van der Waals surface area contributed by atoms with E-state index in [1.54, 1.807) is 44.6 Å². The van der Waals surface area contributed by atoms with Crippen LogP contribution in [0.2, 0.25) is 0 Å². The van der Waals surface area contributed by atoms with Crippen LogP contribution in [0.1, 0.15) is 12.5 Å². The van der Waals surface area contributed by atoms with Crippen molar-refractivity contribution < 1.29 is 23.4 Å². The van der Waals surface area contributed by atoms with E-state index in [0.717, 1.165) is 10.9 Å². The van der Waals surface area contributed by atoms with Gasteiger partial charge in [-0.25, -0.2) is 4.79 Å². The molecule has 0 unspecified atom stereocenters. The van der Waals surface area contributed by atoms with E-state index in [9.17, 15) is 9.59 Å². The van der Waals surface area contributed by atoms with Crippen LogP contribution in [0.15, 0.2) is 45.6 Å². The molecule has 1 aromatic heterocycles. The Morgan fingerprint density at radius 2 is 1.78 bits per heavy atom. The number of benzene rings is 2.